The third kappa shape index (κ3) is 4.03. The molecule has 0 atom stereocenters. The van der Waals surface area contributed by atoms with Crippen LogP contribution in [0.2, 0.25) is 0 Å². The smallest absolute Gasteiger partial charge is 0.269 e. The number of aromatic nitrogens is 3. The average molecular weight is 288 g/mol. The Morgan fingerprint density at radius 2 is 2.19 bits per heavy atom. The molecule has 0 fully saturated rings. The van der Waals surface area contributed by atoms with Gasteiger partial charge in [-0.3, -0.25) is 9.48 Å². The van der Waals surface area contributed by atoms with Crippen LogP contribution in [0.1, 0.15) is 28.3 Å². The molecule has 0 aliphatic heterocycles. The second-order valence-corrected chi connectivity index (χ2v) is 4.81. The molecular weight excluding hydrogens is 268 g/mol. The van der Waals surface area contributed by atoms with Gasteiger partial charge in [0.15, 0.2) is 0 Å². The normalized spacial score (nSPS) is 10.4. The van der Waals surface area contributed by atoms with Crippen LogP contribution in [0, 0.1) is 13.8 Å². The van der Waals surface area contributed by atoms with Crippen molar-refractivity contribution in [1.82, 2.24) is 20.1 Å². The second-order valence-electron chi connectivity index (χ2n) is 4.81. The molecule has 0 aliphatic rings. The lowest BCUT2D eigenvalue weighted by Gasteiger charge is -2.07. The van der Waals surface area contributed by atoms with Crippen LogP contribution < -0.4 is 16.6 Å². The van der Waals surface area contributed by atoms with Crippen LogP contribution in [0.4, 0.5) is 5.82 Å². The van der Waals surface area contributed by atoms with Gasteiger partial charge in [-0.15, -0.1) is 0 Å². The van der Waals surface area contributed by atoms with Gasteiger partial charge < -0.3 is 10.7 Å². The Morgan fingerprint density at radius 1 is 1.38 bits per heavy atom. The van der Waals surface area contributed by atoms with Gasteiger partial charge in [0, 0.05) is 18.8 Å². The van der Waals surface area contributed by atoms with Gasteiger partial charge in [-0.25, -0.2) is 10.8 Å². The number of hydrazine groups is 1. The predicted molar refractivity (Wildman–Crippen MR) is 80.7 cm³/mol. The summed E-state index contributed by atoms with van der Waals surface area (Å²) in [7, 11) is 0. The molecule has 1 amide bonds. The number of pyridine rings is 1. The number of rotatable bonds is 6. The van der Waals surface area contributed by atoms with Gasteiger partial charge in [0.1, 0.15) is 11.5 Å². The fraction of sp³-hybridized carbons (Fsp3) is 0.357. The summed E-state index contributed by atoms with van der Waals surface area (Å²) in [6.07, 6.45) is 0.808. The number of nitrogens with zero attached hydrogens (tertiary/aromatic N) is 3. The molecule has 2 heterocycles. The molecule has 0 unspecified atom stereocenters. The van der Waals surface area contributed by atoms with Crippen molar-refractivity contribution in [3.05, 3.63) is 41.3 Å². The number of carbonyl (C=O) groups is 1. The second kappa shape index (κ2) is 6.85. The van der Waals surface area contributed by atoms with Crippen LogP contribution >= 0.6 is 0 Å². The summed E-state index contributed by atoms with van der Waals surface area (Å²) in [6, 6.07) is 7.11. The summed E-state index contributed by atoms with van der Waals surface area (Å²) in [5, 5.41) is 7.21. The van der Waals surface area contributed by atoms with Gasteiger partial charge >= 0.3 is 0 Å². The zero-order chi connectivity index (χ0) is 15.2. The maximum absolute atomic E-state index is 11.9. The van der Waals surface area contributed by atoms with Crippen molar-refractivity contribution in [2.45, 2.75) is 26.8 Å². The molecule has 0 aromatic carbocycles. The van der Waals surface area contributed by atoms with E-state index in [0.29, 0.717) is 18.1 Å². The van der Waals surface area contributed by atoms with Crippen molar-refractivity contribution in [2.75, 3.05) is 12.0 Å². The monoisotopic (exact) mass is 288 g/mol. The van der Waals surface area contributed by atoms with Crippen LogP contribution in [0.3, 0.4) is 0 Å². The zero-order valence-corrected chi connectivity index (χ0v) is 12.3. The van der Waals surface area contributed by atoms with E-state index in [9.17, 15) is 4.79 Å². The number of carbonyl (C=O) groups excluding carboxylic acids is 1. The van der Waals surface area contributed by atoms with Gasteiger partial charge in [0.25, 0.3) is 5.91 Å². The number of nitrogens with two attached hydrogens (primary N) is 1. The Kier molecular flexibility index (Phi) is 4.89. The van der Waals surface area contributed by atoms with Crippen LogP contribution in [-0.4, -0.2) is 27.2 Å². The molecule has 0 spiro atoms. The molecule has 0 radical (unpaired) electrons. The van der Waals surface area contributed by atoms with Gasteiger partial charge in [-0.2, -0.15) is 5.10 Å². The number of anilines is 1. The molecule has 0 saturated heterocycles. The van der Waals surface area contributed by atoms with Crippen molar-refractivity contribution in [3.8, 4) is 0 Å². The van der Waals surface area contributed by atoms with E-state index < -0.39 is 0 Å². The number of hydrogen-bond acceptors (Lipinski definition) is 5. The van der Waals surface area contributed by atoms with Gasteiger partial charge in [0.05, 0.1) is 5.69 Å². The molecule has 21 heavy (non-hydrogen) atoms. The summed E-state index contributed by atoms with van der Waals surface area (Å²) in [6.45, 7) is 5.33. The largest absolute Gasteiger partial charge is 0.351 e. The van der Waals surface area contributed by atoms with E-state index in [1.54, 1.807) is 18.2 Å². The highest BCUT2D eigenvalue weighted by molar-refractivity contribution is 5.92. The van der Waals surface area contributed by atoms with Crippen LogP contribution in [0.15, 0.2) is 24.3 Å². The molecule has 0 aliphatic carbocycles. The van der Waals surface area contributed by atoms with Gasteiger partial charge in [-0.05, 0) is 38.5 Å². The average Bonchev–Trinajstić information content (AvgIpc) is 2.81. The molecular formula is C14H20N6O. The zero-order valence-electron chi connectivity index (χ0n) is 12.3. The lowest BCUT2D eigenvalue weighted by atomic mass is 10.3. The minimum absolute atomic E-state index is 0.208. The highest BCUT2D eigenvalue weighted by Crippen LogP contribution is 2.04. The Balaban J connectivity index is 1.80. The standard InChI is InChI=1S/C14H20N6O/c1-10-9-11(2)20(19-10)8-4-7-16-14(21)12-5-3-6-13(17-12)18-15/h3,5-6,9H,4,7-8,15H2,1-2H3,(H,16,21)(H,17,18). The number of nitrogens with one attached hydrogen (secondary N) is 2. The summed E-state index contributed by atoms with van der Waals surface area (Å²) in [5.74, 6) is 5.52. The molecule has 7 nitrogen and oxygen atoms in total. The quantitative estimate of drug-likeness (QED) is 0.418. The third-order valence-electron chi connectivity index (χ3n) is 3.07. The molecule has 2 rings (SSSR count). The number of amides is 1. The SMILES string of the molecule is Cc1cc(C)n(CCCNC(=O)c2cccc(NN)n2)n1. The minimum atomic E-state index is -0.208. The van der Waals surface area contributed by atoms with Crippen LogP contribution in [-0.2, 0) is 6.54 Å². The molecule has 0 saturated carbocycles. The molecule has 2 aromatic rings. The van der Waals surface area contributed by atoms with Crippen molar-refractivity contribution in [2.24, 2.45) is 5.84 Å². The Hall–Kier alpha value is -2.41. The first-order valence-corrected chi connectivity index (χ1v) is 6.83. The Bertz CT molecular complexity index is 622. The van der Waals surface area contributed by atoms with Crippen molar-refractivity contribution in [1.29, 1.82) is 0 Å². The number of hydrogen-bond donors (Lipinski definition) is 3. The first kappa shape index (κ1) is 15.0. The molecule has 4 N–H and O–H groups in total. The number of nitrogen functional groups attached to an aromatic ring is 1. The van der Waals surface area contributed by atoms with Crippen LogP contribution in [0.25, 0.3) is 0 Å². The van der Waals surface area contributed by atoms with E-state index in [1.807, 2.05) is 24.6 Å². The predicted octanol–water partition coefficient (Wildman–Crippen LogP) is 1.00. The third-order valence-corrected chi connectivity index (χ3v) is 3.07. The lowest BCUT2D eigenvalue weighted by molar-refractivity contribution is 0.0947. The van der Waals surface area contributed by atoms with Crippen molar-refractivity contribution >= 4 is 11.7 Å². The van der Waals surface area contributed by atoms with E-state index in [1.165, 1.54) is 0 Å². The van der Waals surface area contributed by atoms with Gasteiger partial charge in [-0.1, -0.05) is 6.07 Å². The summed E-state index contributed by atoms with van der Waals surface area (Å²) >= 11 is 0. The summed E-state index contributed by atoms with van der Waals surface area (Å²) < 4.78 is 1.94. The summed E-state index contributed by atoms with van der Waals surface area (Å²) in [4.78, 5) is 16.0. The molecule has 112 valence electrons. The van der Waals surface area contributed by atoms with E-state index >= 15 is 0 Å². The summed E-state index contributed by atoms with van der Waals surface area (Å²) in [5.41, 5.74) is 4.89. The fourth-order valence-corrected chi connectivity index (χ4v) is 2.06. The first-order valence-electron chi connectivity index (χ1n) is 6.83. The lowest BCUT2D eigenvalue weighted by Crippen LogP contribution is -2.26. The van der Waals surface area contributed by atoms with Crippen LogP contribution in [0.5, 0.6) is 0 Å². The Morgan fingerprint density at radius 3 is 2.86 bits per heavy atom. The first-order chi connectivity index (χ1) is 10.1. The minimum Gasteiger partial charge on any atom is -0.351 e. The topological polar surface area (TPSA) is 97.9 Å². The highest BCUT2D eigenvalue weighted by atomic mass is 16.1. The highest BCUT2D eigenvalue weighted by Gasteiger charge is 2.07. The molecule has 2 aromatic heterocycles. The maximum atomic E-state index is 11.9. The van der Waals surface area contributed by atoms with E-state index in [4.69, 9.17) is 5.84 Å². The van der Waals surface area contributed by atoms with E-state index in [2.05, 4.69) is 20.8 Å². The maximum Gasteiger partial charge on any atom is 0.269 e. The van der Waals surface area contributed by atoms with Crippen molar-refractivity contribution < 1.29 is 4.79 Å². The fourth-order valence-electron chi connectivity index (χ4n) is 2.06. The molecule has 0 bridgehead atoms. The van der Waals surface area contributed by atoms with E-state index in [0.717, 1.165) is 24.4 Å². The van der Waals surface area contributed by atoms with E-state index in [-0.39, 0.29) is 5.91 Å². The van der Waals surface area contributed by atoms with Crippen molar-refractivity contribution in [3.63, 3.8) is 0 Å². The van der Waals surface area contributed by atoms with Gasteiger partial charge in [0.2, 0.25) is 0 Å². The Labute approximate surface area is 123 Å². The number of aryl methyl sites for hydroxylation is 3. The molecule has 7 heteroatoms.